The molecule has 1 N–H and O–H groups in total. The maximum Gasteiger partial charge on any atom is 0.241 e. The van der Waals surface area contributed by atoms with E-state index in [1.807, 2.05) is 6.08 Å². The first-order valence-electron chi connectivity index (χ1n) is 13.2. The van der Waals surface area contributed by atoms with E-state index in [2.05, 4.69) is 0 Å². The average molecular weight is 583 g/mol. The first-order chi connectivity index (χ1) is 19.4. The lowest BCUT2D eigenvalue weighted by molar-refractivity contribution is -0.138. The Morgan fingerprint density at radius 1 is 1.02 bits per heavy atom. The van der Waals surface area contributed by atoms with E-state index in [1.54, 1.807) is 13.0 Å². The highest BCUT2D eigenvalue weighted by Crippen LogP contribution is 2.65. The van der Waals surface area contributed by atoms with Gasteiger partial charge in [0.05, 0.1) is 48.1 Å². The Bertz CT molecular complexity index is 1570. The summed E-state index contributed by atoms with van der Waals surface area (Å²) in [7, 11) is 4.32. The fourth-order valence-electron chi connectivity index (χ4n) is 7.52. The van der Waals surface area contributed by atoms with E-state index >= 15 is 0 Å². The first-order valence-corrected chi connectivity index (χ1v) is 13.6. The summed E-state index contributed by atoms with van der Waals surface area (Å²) in [4.78, 5) is 57.0. The number of carbonyl (C=O) groups is 4. The Morgan fingerprint density at radius 2 is 1.76 bits per heavy atom. The van der Waals surface area contributed by atoms with Gasteiger partial charge >= 0.3 is 0 Å². The number of hydrogen-bond donors (Lipinski definition) is 1. The van der Waals surface area contributed by atoms with E-state index in [0.717, 1.165) is 15.9 Å². The third-order valence-electron chi connectivity index (χ3n) is 9.49. The Labute approximate surface area is 240 Å². The lowest BCUT2D eigenvalue weighted by atomic mass is 9.51. The van der Waals surface area contributed by atoms with Crippen LogP contribution in [0.4, 0.5) is 10.1 Å². The summed E-state index contributed by atoms with van der Waals surface area (Å²) in [5.74, 6) is -5.65. The number of halogens is 2. The van der Waals surface area contributed by atoms with Gasteiger partial charge in [-0.1, -0.05) is 23.3 Å². The number of benzene rings is 2. The Morgan fingerprint density at radius 3 is 2.41 bits per heavy atom. The van der Waals surface area contributed by atoms with Gasteiger partial charge in [0.25, 0.3) is 0 Å². The highest BCUT2D eigenvalue weighted by molar-refractivity contribution is 6.31. The van der Waals surface area contributed by atoms with Crippen LogP contribution in [0.5, 0.6) is 17.2 Å². The molecule has 6 atom stereocenters. The average Bonchev–Trinajstić information content (AvgIpc) is 3.29. The first kappa shape index (κ1) is 27.3. The Hall–Kier alpha value is -3.92. The summed E-state index contributed by atoms with van der Waals surface area (Å²) in [5, 5.41) is 11.1. The molecule has 9 nitrogen and oxygen atoms in total. The van der Waals surface area contributed by atoms with Crippen LogP contribution in [0.1, 0.15) is 31.2 Å². The number of carbonyl (C=O) groups excluding carboxylic acids is 4. The third kappa shape index (κ3) is 3.59. The van der Waals surface area contributed by atoms with E-state index in [0.29, 0.717) is 11.3 Å². The van der Waals surface area contributed by atoms with Gasteiger partial charge in [-0.15, -0.1) is 0 Å². The van der Waals surface area contributed by atoms with E-state index in [-0.39, 0.29) is 52.4 Å². The summed E-state index contributed by atoms with van der Waals surface area (Å²) in [6, 6.07) is 6.62. The van der Waals surface area contributed by atoms with Gasteiger partial charge in [0, 0.05) is 30.7 Å². The van der Waals surface area contributed by atoms with Gasteiger partial charge in [0.1, 0.15) is 23.1 Å². The topological polar surface area (TPSA) is 113 Å². The van der Waals surface area contributed by atoms with E-state index in [9.17, 15) is 28.7 Å². The molecule has 1 saturated carbocycles. The van der Waals surface area contributed by atoms with Crippen LogP contribution in [0.15, 0.2) is 42.0 Å². The van der Waals surface area contributed by atoms with Gasteiger partial charge in [-0.05, 0) is 43.9 Å². The molecular weight excluding hydrogens is 555 g/mol. The van der Waals surface area contributed by atoms with Crippen LogP contribution < -0.4 is 14.4 Å². The van der Waals surface area contributed by atoms with Crippen LogP contribution in [-0.4, -0.2) is 54.9 Å². The van der Waals surface area contributed by atoms with Crippen molar-refractivity contribution >= 4 is 40.9 Å². The standard InChI is InChI=1S/C30H28ClFN2O7/c1-30-18(27(37)34(29(30)39)13-5-8-20(32)19(31)9-13)12-17-15(6-7-16-23(17)28(38)33(2)26(16)36)25(30)24-21(35)10-14(40-3)11-22(24)41-4/h5-6,8-11,16-18,23,25,35H,7,12H2,1-4H3. The molecule has 0 aromatic heterocycles. The van der Waals surface area contributed by atoms with Crippen molar-refractivity contribution in [3.05, 3.63) is 58.4 Å². The van der Waals surface area contributed by atoms with Crippen LogP contribution >= 0.6 is 11.6 Å². The summed E-state index contributed by atoms with van der Waals surface area (Å²) in [5.41, 5.74) is -0.335. The van der Waals surface area contributed by atoms with Crippen molar-refractivity contribution in [2.75, 3.05) is 26.2 Å². The number of methoxy groups -OCH3 is 2. The van der Waals surface area contributed by atoms with Crippen molar-refractivity contribution < 1.29 is 38.1 Å². The maximum atomic E-state index is 14.4. The number of likely N-dealkylation sites (tertiary alicyclic amines) is 1. The van der Waals surface area contributed by atoms with Crippen LogP contribution in [-0.2, 0) is 19.2 Å². The second kappa shape index (κ2) is 9.30. The summed E-state index contributed by atoms with van der Waals surface area (Å²) < 4.78 is 25.0. The predicted octanol–water partition coefficient (Wildman–Crippen LogP) is 4.06. The SMILES string of the molecule is COc1cc(O)c(C2C3=CCC4C(=O)N(C)C(=O)C4C3CC3C(=O)N(c4ccc(F)c(Cl)c4)C(=O)C32C)c(OC)c1. The number of amides is 4. The van der Waals surface area contributed by atoms with E-state index < -0.39 is 52.6 Å². The number of aromatic hydroxyl groups is 1. The molecule has 0 spiro atoms. The molecular formula is C30H28ClFN2O7. The highest BCUT2D eigenvalue weighted by Gasteiger charge is 2.68. The van der Waals surface area contributed by atoms with Crippen molar-refractivity contribution in [3.8, 4) is 17.2 Å². The molecule has 3 fully saturated rings. The lowest BCUT2D eigenvalue weighted by Gasteiger charge is -2.49. The number of phenols is 1. The number of fused-ring (bicyclic) bond motifs is 4. The quantitative estimate of drug-likeness (QED) is 0.427. The monoisotopic (exact) mass is 582 g/mol. The predicted molar refractivity (Wildman–Crippen MR) is 145 cm³/mol. The molecule has 214 valence electrons. The van der Waals surface area contributed by atoms with Crippen molar-refractivity contribution in [1.82, 2.24) is 4.90 Å². The van der Waals surface area contributed by atoms with Gasteiger partial charge < -0.3 is 14.6 Å². The minimum atomic E-state index is -1.43. The molecule has 6 rings (SSSR count). The lowest BCUT2D eigenvalue weighted by Crippen LogP contribution is -2.49. The zero-order valence-electron chi connectivity index (χ0n) is 22.8. The third-order valence-corrected chi connectivity index (χ3v) is 9.78. The van der Waals surface area contributed by atoms with Crippen LogP contribution in [0.3, 0.4) is 0 Å². The normalized spacial score (nSPS) is 30.7. The van der Waals surface area contributed by atoms with E-state index in [4.69, 9.17) is 21.1 Å². The van der Waals surface area contributed by atoms with Gasteiger partial charge in [-0.2, -0.15) is 0 Å². The number of nitrogens with zero attached hydrogens (tertiary/aromatic N) is 2. The summed E-state index contributed by atoms with van der Waals surface area (Å²) in [6.45, 7) is 1.67. The van der Waals surface area contributed by atoms with Crippen LogP contribution in [0.2, 0.25) is 5.02 Å². The Kier molecular flexibility index (Phi) is 6.19. The molecule has 0 bridgehead atoms. The molecule has 4 aliphatic rings. The van der Waals surface area contributed by atoms with Crippen molar-refractivity contribution in [3.63, 3.8) is 0 Å². The summed E-state index contributed by atoms with van der Waals surface area (Å²) >= 11 is 6.02. The fraction of sp³-hybridized carbons (Fsp3) is 0.400. The molecule has 2 saturated heterocycles. The molecule has 2 aliphatic carbocycles. The van der Waals surface area contributed by atoms with Crippen molar-refractivity contribution in [2.45, 2.75) is 25.7 Å². The number of phenolic OH excluding ortho intramolecular Hbond substituents is 1. The molecule has 2 aromatic rings. The molecule has 2 aliphatic heterocycles. The van der Waals surface area contributed by atoms with Gasteiger partial charge in [-0.3, -0.25) is 24.1 Å². The van der Waals surface area contributed by atoms with Crippen LogP contribution in [0, 0.1) is 34.9 Å². The number of imide groups is 2. The number of rotatable bonds is 4. The fourth-order valence-corrected chi connectivity index (χ4v) is 7.69. The molecule has 11 heteroatoms. The van der Waals surface area contributed by atoms with Gasteiger partial charge in [0.2, 0.25) is 23.6 Å². The zero-order valence-corrected chi connectivity index (χ0v) is 23.6. The number of allylic oxidation sites excluding steroid dienone is 2. The summed E-state index contributed by atoms with van der Waals surface area (Å²) in [6.07, 6.45) is 2.30. The van der Waals surface area contributed by atoms with Crippen molar-refractivity contribution in [1.29, 1.82) is 0 Å². The molecule has 41 heavy (non-hydrogen) atoms. The van der Waals surface area contributed by atoms with Gasteiger partial charge in [0.15, 0.2) is 0 Å². The van der Waals surface area contributed by atoms with Gasteiger partial charge in [-0.25, -0.2) is 9.29 Å². The Balaban J connectivity index is 1.59. The number of hydrogen-bond acceptors (Lipinski definition) is 7. The molecule has 2 aromatic carbocycles. The molecule has 4 amide bonds. The maximum absolute atomic E-state index is 14.4. The minimum absolute atomic E-state index is 0.119. The van der Waals surface area contributed by atoms with Crippen LogP contribution in [0.25, 0.3) is 0 Å². The smallest absolute Gasteiger partial charge is 0.241 e. The van der Waals surface area contributed by atoms with E-state index in [1.165, 1.54) is 39.5 Å². The van der Waals surface area contributed by atoms with Crippen molar-refractivity contribution in [2.24, 2.45) is 29.1 Å². The molecule has 0 radical (unpaired) electrons. The number of anilines is 1. The largest absolute Gasteiger partial charge is 0.507 e. The highest BCUT2D eigenvalue weighted by atomic mass is 35.5. The minimum Gasteiger partial charge on any atom is -0.507 e. The molecule has 2 heterocycles. The number of ether oxygens (including phenoxy) is 2. The second-order valence-electron chi connectivity index (χ2n) is 11.3. The zero-order chi connectivity index (χ0) is 29.5. The second-order valence-corrected chi connectivity index (χ2v) is 11.7. The molecule has 6 unspecified atom stereocenters.